The highest BCUT2D eigenvalue weighted by Gasteiger charge is 2.15. The first kappa shape index (κ1) is 16.4. The van der Waals surface area contributed by atoms with Crippen LogP contribution in [0.2, 0.25) is 0 Å². The fourth-order valence-corrected chi connectivity index (χ4v) is 1.66. The van der Waals surface area contributed by atoms with Crippen molar-refractivity contribution in [1.82, 2.24) is 5.32 Å². The zero-order chi connectivity index (χ0) is 13.3. The molecule has 0 spiro atoms. The Hall–Kier alpha value is -0.570. The smallest absolute Gasteiger partial charge is 0.237 e. The van der Waals surface area contributed by atoms with E-state index in [2.05, 4.69) is 19.2 Å². The van der Waals surface area contributed by atoms with E-state index in [0.29, 0.717) is 0 Å². The summed E-state index contributed by atoms with van der Waals surface area (Å²) >= 11 is 0. The SMILES string of the molecule is CC(C)CCCCCCNC(=O)C(N)C(C)C. The highest BCUT2D eigenvalue weighted by molar-refractivity contribution is 5.81. The number of amides is 1. The molecule has 3 N–H and O–H groups in total. The van der Waals surface area contributed by atoms with Crippen molar-refractivity contribution in [3.05, 3.63) is 0 Å². The predicted molar refractivity (Wildman–Crippen MR) is 73.7 cm³/mol. The average molecular weight is 242 g/mol. The minimum atomic E-state index is -0.365. The lowest BCUT2D eigenvalue weighted by molar-refractivity contribution is -0.123. The Morgan fingerprint density at radius 2 is 1.65 bits per heavy atom. The lowest BCUT2D eigenvalue weighted by atomic mass is 10.0. The molecule has 0 saturated heterocycles. The van der Waals surface area contributed by atoms with Crippen molar-refractivity contribution in [2.24, 2.45) is 17.6 Å². The highest BCUT2D eigenvalue weighted by atomic mass is 16.2. The van der Waals surface area contributed by atoms with E-state index in [9.17, 15) is 4.79 Å². The maximum atomic E-state index is 11.5. The molecule has 1 atom stereocenters. The molecule has 1 amide bonds. The topological polar surface area (TPSA) is 55.1 Å². The quantitative estimate of drug-likeness (QED) is 0.611. The second-order valence-corrected chi connectivity index (χ2v) is 5.66. The van der Waals surface area contributed by atoms with Gasteiger partial charge in [0.05, 0.1) is 6.04 Å². The normalized spacial score (nSPS) is 13.1. The largest absolute Gasteiger partial charge is 0.355 e. The number of nitrogens with one attached hydrogen (secondary N) is 1. The van der Waals surface area contributed by atoms with Gasteiger partial charge >= 0.3 is 0 Å². The molecule has 0 radical (unpaired) electrons. The predicted octanol–water partition coefficient (Wildman–Crippen LogP) is 2.69. The van der Waals surface area contributed by atoms with Crippen LogP contribution in [0.1, 0.15) is 59.8 Å². The fourth-order valence-electron chi connectivity index (χ4n) is 1.66. The molecule has 0 heterocycles. The van der Waals surface area contributed by atoms with Crippen molar-refractivity contribution in [2.45, 2.75) is 65.8 Å². The molecule has 0 aliphatic rings. The molecule has 0 fully saturated rings. The Labute approximate surface area is 107 Å². The summed E-state index contributed by atoms with van der Waals surface area (Å²) in [6.07, 6.45) is 6.14. The summed E-state index contributed by atoms with van der Waals surface area (Å²) in [5.41, 5.74) is 5.74. The summed E-state index contributed by atoms with van der Waals surface area (Å²) in [5.74, 6) is 1.00. The van der Waals surface area contributed by atoms with Gasteiger partial charge in [0.2, 0.25) is 5.91 Å². The third kappa shape index (κ3) is 9.16. The van der Waals surface area contributed by atoms with Gasteiger partial charge in [-0.1, -0.05) is 53.4 Å². The zero-order valence-corrected chi connectivity index (χ0v) is 12.0. The first-order valence-corrected chi connectivity index (χ1v) is 6.98. The van der Waals surface area contributed by atoms with Crippen LogP contribution in [0.5, 0.6) is 0 Å². The lowest BCUT2D eigenvalue weighted by Crippen LogP contribution is -2.44. The van der Waals surface area contributed by atoms with E-state index < -0.39 is 0 Å². The number of hydrogen-bond acceptors (Lipinski definition) is 2. The van der Waals surface area contributed by atoms with Crippen molar-refractivity contribution >= 4 is 5.91 Å². The second kappa shape index (κ2) is 9.46. The van der Waals surface area contributed by atoms with E-state index in [1.165, 1.54) is 25.7 Å². The zero-order valence-electron chi connectivity index (χ0n) is 12.0. The molecule has 0 aromatic heterocycles. The molecule has 3 heteroatoms. The molecular formula is C14H30N2O. The van der Waals surface area contributed by atoms with Gasteiger partial charge in [0.1, 0.15) is 0 Å². The molecule has 0 saturated carbocycles. The van der Waals surface area contributed by atoms with Crippen LogP contribution in [0.25, 0.3) is 0 Å². The van der Waals surface area contributed by atoms with Crippen molar-refractivity contribution in [2.75, 3.05) is 6.54 Å². The number of rotatable bonds is 9. The fraction of sp³-hybridized carbons (Fsp3) is 0.929. The number of nitrogens with two attached hydrogens (primary N) is 1. The van der Waals surface area contributed by atoms with Gasteiger partial charge in [0.25, 0.3) is 0 Å². The van der Waals surface area contributed by atoms with Crippen LogP contribution in [0, 0.1) is 11.8 Å². The molecular weight excluding hydrogens is 212 g/mol. The number of unbranched alkanes of at least 4 members (excludes halogenated alkanes) is 3. The van der Waals surface area contributed by atoms with Gasteiger partial charge in [0, 0.05) is 6.54 Å². The van der Waals surface area contributed by atoms with Crippen LogP contribution in [0.15, 0.2) is 0 Å². The molecule has 0 bridgehead atoms. The van der Waals surface area contributed by atoms with Gasteiger partial charge in [-0.25, -0.2) is 0 Å². The highest BCUT2D eigenvalue weighted by Crippen LogP contribution is 2.09. The van der Waals surface area contributed by atoms with E-state index in [1.807, 2.05) is 13.8 Å². The van der Waals surface area contributed by atoms with Crippen molar-refractivity contribution in [3.8, 4) is 0 Å². The summed E-state index contributed by atoms with van der Waals surface area (Å²) in [4.78, 5) is 11.5. The summed E-state index contributed by atoms with van der Waals surface area (Å²) in [7, 11) is 0. The van der Waals surface area contributed by atoms with Crippen molar-refractivity contribution < 1.29 is 4.79 Å². The monoisotopic (exact) mass is 242 g/mol. The molecule has 0 aliphatic heterocycles. The van der Waals surface area contributed by atoms with Crippen LogP contribution in [-0.2, 0) is 4.79 Å². The molecule has 0 aromatic rings. The van der Waals surface area contributed by atoms with E-state index in [-0.39, 0.29) is 17.9 Å². The van der Waals surface area contributed by atoms with Gasteiger partial charge in [-0.05, 0) is 18.3 Å². The van der Waals surface area contributed by atoms with E-state index >= 15 is 0 Å². The standard InChI is InChI=1S/C14H30N2O/c1-11(2)9-7-5-6-8-10-16-14(17)13(15)12(3)4/h11-13H,5-10,15H2,1-4H3,(H,16,17). The van der Waals surface area contributed by atoms with E-state index in [4.69, 9.17) is 5.73 Å². The Morgan fingerprint density at radius 1 is 1.06 bits per heavy atom. The van der Waals surface area contributed by atoms with Crippen molar-refractivity contribution in [3.63, 3.8) is 0 Å². The summed E-state index contributed by atoms with van der Waals surface area (Å²) < 4.78 is 0. The van der Waals surface area contributed by atoms with E-state index in [1.54, 1.807) is 0 Å². The molecule has 17 heavy (non-hydrogen) atoms. The molecule has 3 nitrogen and oxygen atoms in total. The minimum Gasteiger partial charge on any atom is -0.355 e. The van der Waals surface area contributed by atoms with Crippen LogP contribution >= 0.6 is 0 Å². The van der Waals surface area contributed by atoms with Crippen molar-refractivity contribution in [1.29, 1.82) is 0 Å². The Morgan fingerprint density at radius 3 is 2.18 bits per heavy atom. The minimum absolute atomic E-state index is 0.0119. The molecule has 0 rings (SSSR count). The van der Waals surface area contributed by atoms with Gasteiger partial charge in [-0.2, -0.15) is 0 Å². The summed E-state index contributed by atoms with van der Waals surface area (Å²) in [5, 5.41) is 2.90. The first-order valence-electron chi connectivity index (χ1n) is 6.98. The van der Waals surface area contributed by atoms with Gasteiger partial charge < -0.3 is 11.1 Å². The summed E-state index contributed by atoms with van der Waals surface area (Å²) in [6.45, 7) is 9.22. The maximum Gasteiger partial charge on any atom is 0.237 e. The number of carbonyl (C=O) groups excluding carboxylic acids is 1. The third-order valence-corrected chi connectivity index (χ3v) is 3.03. The van der Waals surface area contributed by atoms with Gasteiger partial charge in [-0.3, -0.25) is 4.79 Å². The van der Waals surface area contributed by atoms with Crippen LogP contribution < -0.4 is 11.1 Å². The Kier molecular flexibility index (Phi) is 9.14. The summed E-state index contributed by atoms with van der Waals surface area (Å²) in [6, 6.07) is -0.365. The Balaban J connectivity index is 3.37. The molecule has 0 aromatic carbocycles. The first-order chi connectivity index (χ1) is 7.95. The Bertz CT molecular complexity index is 202. The number of hydrogen-bond donors (Lipinski definition) is 2. The molecule has 102 valence electrons. The van der Waals surface area contributed by atoms with Gasteiger partial charge in [-0.15, -0.1) is 0 Å². The third-order valence-electron chi connectivity index (χ3n) is 3.03. The van der Waals surface area contributed by atoms with Crippen LogP contribution in [0.3, 0.4) is 0 Å². The molecule has 1 unspecified atom stereocenters. The molecule has 0 aliphatic carbocycles. The maximum absolute atomic E-state index is 11.5. The second-order valence-electron chi connectivity index (χ2n) is 5.66. The van der Waals surface area contributed by atoms with E-state index in [0.717, 1.165) is 18.9 Å². The van der Waals surface area contributed by atoms with Gasteiger partial charge in [0.15, 0.2) is 0 Å². The lowest BCUT2D eigenvalue weighted by Gasteiger charge is -2.15. The number of carbonyl (C=O) groups is 1. The average Bonchev–Trinajstić information content (AvgIpc) is 2.25. The van der Waals surface area contributed by atoms with Crippen LogP contribution in [0.4, 0.5) is 0 Å². The van der Waals surface area contributed by atoms with Crippen LogP contribution in [-0.4, -0.2) is 18.5 Å².